The molecule has 0 bridgehead atoms. The molecule has 2 aromatic carbocycles. The number of carbonyl (C=O) groups is 1. The van der Waals surface area contributed by atoms with Gasteiger partial charge in [-0.05, 0) is 36.2 Å². The number of pyridine rings is 1. The molecule has 0 spiro atoms. The first-order chi connectivity index (χ1) is 12.6. The van der Waals surface area contributed by atoms with Gasteiger partial charge in [-0.1, -0.05) is 30.3 Å². The van der Waals surface area contributed by atoms with Gasteiger partial charge < -0.3 is 14.2 Å². The Bertz CT molecular complexity index is 936. The largest absolute Gasteiger partial charge is 0.497 e. The van der Waals surface area contributed by atoms with Gasteiger partial charge in [-0.2, -0.15) is 0 Å². The summed E-state index contributed by atoms with van der Waals surface area (Å²) >= 11 is 0. The van der Waals surface area contributed by atoms with Gasteiger partial charge in [0.1, 0.15) is 12.4 Å². The van der Waals surface area contributed by atoms with Gasteiger partial charge in [0.05, 0.1) is 30.5 Å². The highest BCUT2D eigenvalue weighted by atomic mass is 16.5. The molecular weight excluding hydrogens is 330 g/mol. The van der Waals surface area contributed by atoms with Crippen molar-refractivity contribution >= 4 is 16.9 Å². The van der Waals surface area contributed by atoms with Crippen molar-refractivity contribution in [1.82, 2.24) is 4.98 Å². The number of ether oxygens (including phenoxy) is 3. The molecule has 0 unspecified atom stereocenters. The molecule has 0 aliphatic heterocycles. The number of carbonyl (C=O) groups excluding carboxylic acids is 1. The molecule has 26 heavy (non-hydrogen) atoms. The number of hydrogen-bond donors (Lipinski definition) is 0. The van der Waals surface area contributed by atoms with Gasteiger partial charge in [-0.25, -0.2) is 9.78 Å². The quantitative estimate of drug-likeness (QED) is 0.627. The fourth-order valence-electron chi connectivity index (χ4n) is 2.94. The lowest BCUT2D eigenvalue weighted by Crippen LogP contribution is -2.13. The zero-order valence-corrected chi connectivity index (χ0v) is 15.1. The number of nitrogens with zero attached hydrogens (tertiary/aromatic N) is 1. The van der Waals surface area contributed by atoms with E-state index in [-0.39, 0.29) is 13.2 Å². The predicted molar refractivity (Wildman–Crippen MR) is 99.3 cm³/mol. The summed E-state index contributed by atoms with van der Waals surface area (Å²) < 4.78 is 16.0. The van der Waals surface area contributed by atoms with Gasteiger partial charge in [0, 0.05) is 12.5 Å². The van der Waals surface area contributed by atoms with E-state index in [4.69, 9.17) is 14.2 Å². The molecule has 0 aliphatic rings. The van der Waals surface area contributed by atoms with Crippen LogP contribution in [0.2, 0.25) is 0 Å². The van der Waals surface area contributed by atoms with Crippen LogP contribution in [0.25, 0.3) is 10.9 Å². The molecule has 0 fully saturated rings. The number of para-hydroxylation sites is 1. The summed E-state index contributed by atoms with van der Waals surface area (Å²) in [7, 11) is 3.18. The van der Waals surface area contributed by atoms with E-state index in [9.17, 15) is 4.79 Å². The second kappa shape index (κ2) is 7.97. The Hall–Kier alpha value is -2.92. The molecule has 3 aromatic rings. The smallest absolute Gasteiger partial charge is 0.340 e. The lowest BCUT2D eigenvalue weighted by Gasteiger charge is -2.14. The average Bonchev–Trinajstić information content (AvgIpc) is 2.67. The molecule has 134 valence electrons. The van der Waals surface area contributed by atoms with Crippen molar-refractivity contribution in [3.05, 3.63) is 70.9 Å². The molecule has 0 amide bonds. The molecule has 0 N–H and O–H groups in total. The van der Waals surface area contributed by atoms with E-state index >= 15 is 0 Å². The molecule has 0 aliphatic carbocycles. The molecule has 5 nitrogen and oxygen atoms in total. The first-order valence-electron chi connectivity index (χ1n) is 8.31. The molecule has 0 atom stereocenters. The van der Waals surface area contributed by atoms with Gasteiger partial charge in [0.2, 0.25) is 0 Å². The number of fused-ring (bicyclic) bond motifs is 1. The predicted octanol–water partition coefficient (Wildman–Crippen LogP) is 4.06. The fourth-order valence-corrected chi connectivity index (χ4v) is 2.94. The molecule has 0 saturated heterocycles. The summed E-state index contributed by atoms with van der Waals surface area (Å²) in [6.07, 6.45) is 0. The Labute approximate surface area is 152 Å². The van der Waals surface area contributed by atoms with E-state index in [1.165, 1.54) is 0 Å². The van der Waals surface area contributed by atoms with Crippen LogP contribution in [0.5, 0.6) is 5.75 Å². The normalized spacial score (nSPS) is 10.7. The second-order valence-corrected chi connectivity index (χ2v) is 5.94. The van der Waals surface area contributed by atoms with Gasteiger partial charge in [-0.15, -0.1) is 0 Å². The number of methoxy groups -OCH3 is 2. The molecule has 3 rings (SSSR count). The first kappa shape index (κ1) is 17.9. The van der Waals surface area contributed by atoms with Crippen LogP contribution in [0.3, 0.4) is 0 Å². The van der Waals surface area contributed by atoms with Gasteiger partial charge in [0.25, 0.3) is 0 Å². The van der Waals surface area contributed by atoms with Gasteiger partial charge in [-0.3, -0.25) is 0 Å². The van der Waals surface area contributed by atoms with Crippen LogP contribution in [0.4, 0.5) is 0 Å². The van der Waals surface area contributed by atoms with Crippen molar-refractivity contribution < 1.29 is 19.0 Å². The van der Waals surface area contributed by atoms with E-state index in [2.05, 4.69) is 4.98 Å². The zero-order chi connectivity index (χ0) is 18.5. The standard InChI is InChI=1S/C21H21NO4/c1-14-17-9-4-5-10-18(17)22-19(13-24-2)20(14)21(23)26-12-15-7-6-8-16(11-15)25-3/h4-11H,12-13H2,1-3H3. The summed E-state index contributed by atoms with van der Waals surface area (Å²) in [5.74, 6) is 0.317. The van der Waals surface area contributed by atoms with Crippen molar-refractivity contribution in [2.75, 3.05) is 14.2 Å². The summed E-state index contributed by atoms with van der Waals surface area (Å²) in [6, 6.07) is 15.2. The maximum absolute atomic E-state index is 12.8. The lowest BCUT2D eigenvalue weighted by molar-refractivity contribution is 0.0466. The number of aromatic nitrogens is 1. The maximum atomic E-state index is 12.8. The van der Waals surface area contributed by atoms with Gasteiger partial charge in [0.15, 0.2) is 0 Å². The SMILES string of the molecule is COCc1nc2ccccc2c(C)c1C(=O)OCc1cccc(OC)c1. The van der Waals surface area contributed by atoms with Crippen LogP contribution in [0.1, 0.15) is 27.2 Å². The Morgan fingerprint density at radius 1 is 1.04 bits per heavy atom. The van der Waals surface area contributed by atoms with Crippen LogP contribution in [-0.4, -0.2) is 25.2 Å². The van der Waals surface area contributed by atoms with Crippen molar-refractivity contribution in [3.8, 4) is 5.75 Å². The molecule has 1 aromatic heterocycles. The fraction of sp³-hybridized carbons (Fsp3) is 0.238. The Morgan fingerprint density at radius 2 is 1.85 bits per heavy atom. The first-order valence-corrected chi connectivity index (χ1v) is 8.31. The monoisotopic (exact) mass is 351 g/mol. The highest BCUT2D eigenvalue weighted by Crippen LogP contribution is 2.24. The van der Waals surface area contributed by atoms with E-state index in [1.807, 2.05) is 55.5 Å². The highest BCUT2D eigenvalue weighted by molar-refractivity contribution is 5.98. The van der Waals surface area contributed by atoms with Crippen molar-refractivity contribution in [1.29, 1.82) is 0 Å². The zero-order valence-electron chi connectivity index (χ0n) is 15.1. The highest BCUT2D eigenvalue weighted by Gasteiger charge is 2.20. The minimum atomic E-state index is -0.407. The third kappa shape index (κ3) is 3.68. The van der Waals surface area contributed by atoms with Crippen LogP contribution < -0.4 is 4.74 Å². The number of esters is 1. The molecule has 0 saturated carbocycles. The van der Waals surface area contributed by atoms with E-state index in [1.54, 1.807) is 14.2 Å². The van der Waals surface area contributed by atoms with E-state index in [0.717, 1.165) is 27.8 Å². The molecule has 1 heterocycles. The minimum absolute atomic E-state index is 0.161. The minimum Gasteiger partial charge on any atom is -0.497 e. The van der Waals surface area contributed by atoms with E-state index in [0.29, 0.717) is 11.3 Å². The summed E-state index contributed by atoms with van der Waals surface area (Å²) in [4.78, 5) is 17.4. The number of benzene rings is 2. The molecule has 0 radical (unpaired) electrons. The maximum Gasteiger partial charge on any atom is 0.340 e. The lowest BCUT2D eigenvalue weighted by atomic mass is 10.0. The second-order valence-electron chi connectivity index (χ2n) is 5.94. The van der Waals surface area contributed by atoms with Crippen LogP contribution in [0.15, 0.2) is 48.5 Å². The van der Waals surface area contributed by atoms with Crippen LogP contribution >= 0.6 is 0 Å². The summed E-state index contributed by atoms with van der Waals surface area (Å²) in [5, 5.41) is 0.931. The third-order valence-corrected chi connectivity index (χ3v) is 4.22. The number of rotatable bonds is 6. The van der Waals surface area contributed by atoms with Gasteiger partial charge >= 0.3 is 5.97 Å². The molecular formula is C21H21NO4. The Balaban J connectivity index is 1.91. The third-order valence-electron chi connectivity index (χ3n) is 4.22. The topological polar surface area (TPSA) is 57.7 Å². The Morgan fingerprint density at radius 3 is 2.62 bits per heavy atom. The van der Waals surface area contributed by atoms with Crippen LogP contribution in [0, 0.1) is 6.92 Å². The van der Waals surface area contributed by atoms with Crippen molar-refractivity contribution in [3.63, 3.8) is 0 Å². The number of hydrogen-bond acceptors (Lipinski definition) is 5. The average molecular weight is 351 g/mol. The van der Waals surface area contributed by atoms with E-state index < -0.39 is 5.97 Å². The van der Waals surface area contributed by atoms with Crippen molar-refractivity contribution in [2.24, 2.45) is 0 Å². The molecule has 5 heteroatoms. The van der Waals surface area contributed by atoms with Crippen molar-refractivity contribution in [2.45, 2.75) is 20.1 Å². The summed E-state index contributed by atoms with van der Waals surface area (Å²) in [6.45, 7) is 2.31. The Kier molecular flexibility index (Phi) is 5.49. The number of aryl methyl sites for hydroxylation is 1. The summed E-state index contributed by atoms with van der Waals surface area (Å²) in [5.41, 5.74) is 3.59. The van der Waals surface area contributed by atoms with Crippen LogP contribution in [-0.2, 0) is 22.7 Å².